The highest BCUT2D eigenvalue weighted by Gasteiger charge is 2.19. The third-order valence-corrected chi connectivity index (χ3v) is 3.14. The van der Waals surface area contributed by atoms with Gasteiger partial charge in [0.25, 0.3) is 5.91 Å². The maximum atomic E-state index is 11.8. The minimum atomic E-state index is -0.814. The van der Waals surface area contributed by atoms with Gasteiger partial charge >= 0.3 is 5.97 Å². The number of pyridine rings is 1. The Balaban J connectivity index is 2.42. The van der Waals surface area contributed by atoms with Crippen molar-refractivity contribution < 1.29 is 14.7 Å². The van der Waals surface area contributed by atoms with Crippen LogP contribution in [0.3, 0.4) is 0 Å². The molecule has 1 aromatic rings. The SMILES string of the molecule is CC(C)(CCNC(=O)c1cc[nH]c(=O)c1)CCC(=O)O. The van der Waals surface area contributed by atoms with Crippen molar-refractivity contribution in [3.63, 3.8) is 0 Å². The van der Waals surface area contributed by atoms with Crippen LogP contribution in [0.1, 0.15) is 43.5 Å². The molecule has 0 bridgehead atoms. The van der Waals surface area contributed by atoms with Crippen molar-refractivity contribution >= 4 is 11.9 Å². The molecule has 1 rings (SSSR count). The van der Waals surface area contributed by atoms with Crippen molar-refractivity contribution in [3.8, 4) is 0 Å². The van der Waals surface area contributed by atoms with E-state index in [9.17, 15) is 14.4 Å². The predicted molar refractivity (Wildman–Crippen MR) is 74.7 cm³/mol. The summed E-state index contributed by atoms with van der Waals surface area (Å²) in [6, 6.07) is 2.78. The number of carbonyl (C=O) groups excluding carboxylic acids is 1. The quantitative estimate of drug-likeness (QED) is 0.702. The summed E-state index contributed by atoms with van der Waals surface area (Å²) >= 11 is 0. The first-order valence-electron chi connectivity index (χ1n) is 6.49. The number of aromatic nitrogens is 1. The van der Waals surface area contributed by atoms with Gasteiger partial charge in [-0.05, 0) is 24.3 Å². The highest BCUT2D eigenvalue weighted by atomic mass is 16.4. The van der Waals surface area contributed by atoms with Gasteiger partial charge in [0.15, 0.2) is 0 Å². The molecule has 0 spiro atoms. The number of carboxylic acids is 1. The summed E-state index contributed by atoms with van der Waals surface area (Å²) in [6.07, 6.45) is 2.78. The van der Waals surface area contributed by atoms with Crippen LogP contribution in [-0.2, 0) is 4.79 Å². The van der Waals surface area contributed by atoms with Crippen molar-refractivity contribution in [1.82, 2.24) is 10.3 Å². The predicted octanol–water partition coefficient (Wildman–Crippen LogP) is 1.39. The van der Waals surface area contributed by atoms with Gasteiger partial charge < -0.3 is 15.4 Å². The monoisotopic (exact) mass is 280 g/mol. The maximum Gasteiger partial charge on any atom is 0.303 e. The van der Waals surface area contributed by atoms with Crippen LogP contribution in [0, 0.1) is 5.41 Å². The third-order valence-electron chi connectivity index (χ3n) is 3.14. The standard InChI is InChI=1S/C14H20N2O4/c1-14(2,5-3-12(18)19)6-8-16-13(20)10-4-7-15-11(17)9-10/h4,7,9H,3,5-6,8H2,1-2H3,(H,15,17)(H,16,20)(H,18,19). The Bertz CT molecular complexity index is 534. The van der Waals surface area contributed by atoms with E-state index in [-0.39, 0.29) is 23.3 Å². The van der Waals surface area contributed by atoms with Crippen molar-refractivity contribution in [2.24, 2.45) is 5.41 Å². The molecule has 0 atom stereocenters. The molecule has 0 aromatic carbocycles. The van der Waals surface area contributed by atoms with Crippen LogP contribution in [0.4, 0.5) is 0 Å². The Labute approximate surface area is 117 Å². The summed E-state index contributed by atoms with van der Waals surface area (Å²) in [5.74, 6) is -1.12. The number of carbonyl (C=O) groups is 2. The molecule has 0 radical (unpaired) electrons. The molecule has 6 nitrogen and oxygen atoms in total. The molecule has 110 valence electrons. The normalized spacial score (nSPS) is 11.1. The van der Waals surface area contributed by atoms with E-state index in [0.717, 1.165) is 0 Å². The number of H-pyrrole nitrogens is 1. The maximum absolute atomic E-state index is 11.8. The first-order valence-corrected chi connectivity index (χ1v) is 6.49. The number of hydrogen-bond acceptors (Lipinski definition) is 3. The molecule has 1 heterocycles. The fourth-order valence-corrected chi connectivity index (χ4v) is 1.77. The Morgan fingerprint density at radius 1 is 1.35 bits per heavy atom. The Hall–Kier alpha value is -2.11. The van der Waals surface area contributed by atoms with Crippen molar-refractivity contribution in [2.45, 2.75) is 33.1 Å². The van der Waals surface area contributed by atoms with E-state index in [1.807, 2.05) is 13.8 Å². The highest BCUT2D eigenvalue weighted by Crippen LogP contribution is 2.25. The van der Waals surface area contributed by atoms with Gasteiger partial charge in [0, 0.05) is 30.8 Å². The first-order chi connectivity index (χ1) is 9.30. The van der Waals surface area contributed by atoms with E-state index < -0.39 is 5.97 Å². The van der Waals surface area contributed by atoms with E-state index in [4.69, 9.17) is 5.11 Å². The van der Waals surface area contributed by atoms with Gasteiger partial charge in [-0.2, -0.15) is 0 Å². The third kappa shape index (κ3) is 5.69. The van der Waals surface area contributed by atoms with Crippen molar-refractivity contribution in [3.05, 3.63) is 34.2 Å². The molecule has 0 aliphatic rings. The molecule has 0 saturated carbocycles. The topological polar surface area (TPSA) is 99.3 Å². The van der Waals surface area contributed by atoms with Crippen LogP contribution in [-0.4, -0.2) is 28.5 Å². The minimum Gasteiger partial charge on any atom is -0.481 e. The van der Waals surface area contributed by atoms with E-state index in [0.29, 0.717) is 24.9 Å². The molecular formula is C14H20N2O4. The summed E-state index contributed by atoms with van der Waals surface area (Å²) in [4.78, 5) is 35.9. The fourth-order valence-electron chi connectivity index (χ4n) is 1.77. The molecule has 6 heteroatoms. The van der Waals surface area contributed by atoms with E-state index >= 15 is 0 Å². The lowest BCUT2D eigenvalue weighted by molar-refractivity contribution is -0.137. The number of amides is 1. The van der Waals surface area contributed by atoms with Crippen LogP contribution in [0.15, 0.2) is 23.1 Å². The highest BCUT2D eigenvalue weighted by molar-refractivity contribution is 5.93. The molecule has 20 heavy (non-hydrogen) atoms. The number of aliphatic carboxylic acids is 1. The zero-order chi connectivity index (χ0) is 15.2. The minimum absolute atomic E-state index is 0.120. The molecule has 0 aliphatic heterocycles. The molecule has 1 amide bonds. The average Bonchev–Trinajstić information content (AvgIpc) is 2.36. The lowest BCUT2D eigenvalue weighted by atomic mass is 9.84. The van der Waals surface area contributed by atoms with Gasteiger partial charge in [0.05, 0.1) is 0 Å². The van der Waals surface area contributed by atoms with Gasteiger partial charge in [0.2, 0.25) is 5.56 Å². The zero-order valence-corrected chi connectivity index (χ0v) is 11.7. The summed E-state index contributed by atoms with van der Waals surface area (Å²) in [5, 5.41) is 11.4. The van der Waals surface area contributed by atoms with Crippen molar-refractivity contribution in [1.29, 1.82) is 0 Å². The van der Waals surface area contributed by atoms with Gasteiger partial charge in [-0.3, -0.25) is 14.4 Å². The molecular weight excluding hydrogens is 260 g/mol. The zero-order valence-electron chi connectivity index (χ0n) is 11.7. The summed E-state index contributed by atoms with van der Waals surface area (Å²) < 4.78 is 0. The van der Waals surface area contributed by atoms with Crippen LogP contribution in [0.5, 0.6) is 0 Å². The van der Waals surface area contributed by atoms with Crippen LogP contribution >= 0.6 is 0 Å². The van der Waals surface area contributed by atoms with Gasteiger partial charge in [0.1, 0.15) is 0 Å². The Kier molecular flexibility index (Phi) is 5.49. The van der Waals surface area contributed by atoms with Crippen LogP contribution in [0.25, 0.3) is 0 Å². The van der Waals surface area contributed by atoms with Crippen LogP contribution in [0.2, 0.25) is 0 Å². The largest absolute Gasteiger partial charge is 0.481 e. The molecule has 3 N–H and O–H groups in total. The number of hydrogen-bond donors (Lipinski definition) is 3. The smallest absolute Gasteiger partial charge is 0.303 e. The van der Waals surface area contributed by atoms with Crippen molar-refractivity contribution in [2.75, 3.05) is 6.54 Å². The Morgan fingerprint density at radius 3 is 2.65 bits per heavy atom. The summed E-state index contributed by atoms with van der Waals surface area (Å²) in [5.41, 5.74) is -0.156. The van der Waals surface area contributed by atoms with Gasteiger partial charge in [-0.25, -0.2) is 0 Å². The second kappa shape index (κ2) is 6.88. The lowest BCUT2D eigenvalue weighted by Crippen LogP contribution is -2.29. The summed E-state index contributed by atoms with van der Waals surface area (Å²) in [6.45, 7) is 4.38. The number of rotatable bonds is 7. The second-order valence-corrected chi connectivity index (χ2v) is 5.51. The number of carboxylic acid groups (broad SMARTS) is 1. The van der Waals surface area contributed by atoms with E-state index in [1.54, 1.807) is 0 Å². The molecule has 0 unspecified atom stereocenters. The second-order valence-electron chi connectivity index (χ2n) is 5.51. The molecule has 1 aromatic heterocycles. The number of nitrogens with one attached hydrogen (secondary N) is 2. The van der Waals surface area contributed by atoms with E-state index in [1.165, 1.54) is 18.3 Å². The van der Waals surface area contributed by atoms with E-state index in [2.05, 4.69) is 10.3 Å². The molecule has 0 fully saturated rings. The lowest BCUT2D eigenvalue weighted by Gasteiger charge is -2.23. The van der Waals surface area contributed by atoms with Crippen LogP contribution < -0.4 is 10.9 Å². The number of aromatic amines is 1. The molecule has 0 aliphatic carbocycles. The summed E-state index contributed by atoms with van der Waals surface area (Å²) in [7, 11) is 0. The Morgan fingerprint density at radius 2 is 2.05 bits per heavy atom. The fraction of sp³-hybridized carbons (Fsp3) is 0.500. The molecule has 0 saturated heterocycles. The van der Waals surface area contributed by atoms with Gasteiger partial charge in [-0.15, -0.1) is 0 Å². The van der Waals surface area contributed by atoms with Gasteiger partial charge in [-0.1, -0.05) is 13.8 Å². The first kappa shape index (κ1) is 15.9. The average molecular weight is 280 g/mol.